The minimum atomic E-state index is 0. The summed E-state index contributed by atoms with van der Waals surface area (Å²) < 4.78 is 0. The van der Waals surface area contributed by atoms with Gasteiger partial charge in [0.25, 0.3) is 0 Å². The van der Waals surface area contributed by atoms with Gasteiger partial charge in [-0.15, -0.1) is 26.2 Å². The van der Waals surface area contributed by atoms with E-state index in [1.54, 1.807) is 0 Å². The van der Waals surface area contributed by atoms with E-state index in [2.05, 4.69) is 41.3 Å². The molecule has 0 unspecified atom stereocenters. The van der Waals surface area contributed by atoms with Gasteiger partial charge in [-0.05, 0) is 39.1 Å². The van der Waals surface area contributed by atoms with Crippen LogP contribution >= 0.6 is 0 Å². The summed E-state index contributed by atoms with van der Waals surface area (Å²) in [6, 6.07) is 0. The fraction of sp³-hybridized carbons (Fsp3) is 1.00. The Kier molecular flexibility index (Phi) is 34.9. The summed E-state index contributed by atoms with van der Waals surface area (Å²) >= 11 is 0. The fourth-order valence-corrected chi connectivity index (χ4v) is 2.05. The van der Waals surface area contributed by atoms with Crippen LogP contribution in [0.15, 0.2) is 0 Å². The summed E-state index contributed by atoms with van der Waals surface area (Å²) in [6.45, 7) is 13.9. The molecule has 8 heteroatoms. The van der Waals surface area contributed by atoms with Gasteiger partial charge in [0.15, 0.2) is 0 Å². The van der Waals surface area contributed by atoms with Crippen LogP contribution in [-0.4, -0.2) is 75.8 Å². The molecule has 1 rings (SSSR count). The molecule has 4 radical (unpaired) electrons. The average molecular weight is 596 g/mol. The van der Waals surface area contributed by atoms with E-state index in [4.69, 9.17) is 0 Å². The third kappa shape index (κ3) is 20.4. The molecule has 0 aromatic rings. The van der Waals surface area contributed by atoms with Crippen LogP contribution in [0.4, 0.5) is 0 Å². The third-order valence-corrected chi connectivity index (χ3v) is 3.05. The number of nitrogens with zero attached hydrogens (tertiary/aromatic N) is 4. The second-order valence-electron chi connectivity index (χ2n) is 5.34. The van der Waals surface area contributed by atoms with E-state index in [1.807, 2.05) is 0 Å². The molecular weight excluding hydrogens is 568 g/mol. The van der Waals surface area contributed by atoms with Gasteiger partial charge in [0.2, 0.25) is 0 Å². The van der Waals surface area contributed by atoms with Crippen LogP contribution < -0.4 is 0 Å². The van der Waals surface area contributed by atoms with Crippen molar-refractivity contribution in [2.45, 2.75) is 13.8 Å². The van der Waals surface area contributed by atoms with Gasteiger partial charge in [-0.25, -0.2) is 0 Å². The molecule has 0 amide bonds. The topological polar surface area (TPSA) is 34.7 Å². The van der Waals surface area contributed by atoms with E-state index < -0.39 is 0 Å². The van der Waals surface area contributed by atoms with E-state index >= 15 is 0 Å². The third-order valence-electron chi connectivity index (χ3n) is 3.05. The summed E-state index contributed by atoms with van der Waals surface area (Å²) in [4.78, 5) is 4.82. The van der Waals surface area contributed by atoms with Gasteiger partial charge in [0.1, 0.15) is 0 Å². The van der Waals surface area contributed by atoms with Crippen molar-refractivity contribution in [1.82, 2.24) is 9.80 Å². The van der Waals surface area contributed by atoms with Gasteiger partial charge in [-0.1, -0.05) is 13.8 Å². The molecule has 1 aliphatic heterocycles. The monoisotopic (exact) mass is 596 g/mol. The summed E-state index contributed by atoms with van der Waals surface area (Å²) in [5.41, 5.74) is 0. The minimum absolute atomic E-state index is 0. The van der Waals surface area contributed by atoms with Crippen molar-refractivity contribution in [3.8, 4) is 0 Å². The van der Waals surface area contributed by atoms with Crippen LogP contribution in [0.2, 0.25) is 0 Å². The Morgan fingerprint density at radius 3 is 1.52 bits per heavy atom. The average Bonchev–Trinajstić information content (AvgIpc) is 2.25. The van der Waals surface area contributed by atoms with Crippen molar-refractivity contribution in [3.05, 3.63) is 10.6 Å². The number of hydrogen-bond donors (Lipinski definition) is 0. The van der Waals surface area contributed by atoms with E-state index in [0.717, 1.165) is 58.3 Å². The number of likely N-dealkylation sites (N-methyl/N-ethyl adjacent to an activating group) is 1. The molecule has 1 aliphatic rings. The van der Waals surface area contributed by atoms with Gasteiger partial charge in [-0.3, -0.25) is 0 Å². The predicted molar refractivity (Wildman–Crippen MR) is 75.0 cm³/mol. The van der Waals surface area contributed by atoms with Crippen molar-refractivity contribution >= 4 is 0 Å². The van der Waals surface area contributed by atoms with Crippen molar-refractivity contribution in [1.29, 1.82) is 0 Å². The molecule has 1 fully saturated rings. The molecule has 0 N–H and O–H groups in total. The van der Waals surface area contributed by atoms with Crippen molar-refractivity contribution in [3.63, 3.8) is 0 Å². The van der Waals surface area contributed by atoms with E-state index in [-0.39, 0.29) is 131 Å². The van der Waals surface area contributed by atoms with E-state index in [0.29, 0.717) is 0 Å². The minimum Gasteiger partial charge on any atom is -0.660 e. The molecule has 0 bridgehead atoms. The summed E-state index contributed by atoms with van der Waals surface area (Å²) in [6.07, 6.45) is 0. The SMILES string of the molecule is CC(C)CN1CC[N-]CCN(C)CC[N-]CC1.[Y].[Y].[Y].[Y]. The standard InChI is InChI=1S/C13H28N4.4Y/c1-13(2)12-17-10-6-14-4-8-16(3)9-5-15-7-11-17;;;;/h13H,4-12H2,1-3H3;;;;/q-2;;;;. The summed E-state index contributed by atoms with van der Waals surface area (Å²) in [5.74, 6) is 0.731. The first-order valence-corrected chi connectivity index (χ1v) is 6.86. The first-order valence-electron chi connectivity index (χ1n) is 6.86. The van der Waals surface area contributed by atoms with Crippen LogP contribution in [-0.2, 0) is 131 Å². The Balaban J connectivity index is -0.000000361. The maximum atomic E-state index is 4.60. The Bertz CT molecular complexity index is 185. The van der Waals surface area contributed by atoms with Gasteiger partial charge in [-0.2, -0.15) is 0 Å². The van der Waals surface area contributed by atoms with Crippen molar-refractivity contribution in [2.75, 3.05) is 66.0 Å². The Labute approximate surface area is 232 Å². The molecule has 21 heavy (non-hydrogen) atoms. The molecular formula is C13H28N4Y4-2. The molecule has 1 heterocycles. The van der Waals surface area contributed by atoms with E-state index in [1.165, 1.54) is 6.54 Å². The predicted octanol–water partition coefficient (Wildman–Crippen LogP) is 1.63. The van der Waals surface area contributed by atoms with Crippen LogP contribution in [0.1, 0.15) is 13.8 Å². The largest absolute Gasteiger partial charge is 0.660 e. The van der Waals surface area contributed by atoms with Gasteiger partial charge in [0.05, 0.1) is 0 Å². The smallest absolute Gasteiger partial charge is 0.000297 e. The maximum absolute atomic E-state index is 4.60. The normalized spacial score (nSPS) is 18.9. The van der Waals surface area contributed by atoms with Gasteiger partial charge in [0, 0.05) is 137 Å². The molecule has 0 saturated carbocycles. The first-order chi connectivity index (χ1) is 8.18. The Hall–Kier alpha value is 4.26. The van der Waals surface area contributed by atoms with Crippen LogP contribution in [0.3, 0.4) is 0 Å². The van der Waals surface area contributed by atoms with Crippen LogP contribution in [0.5, 0.6) is 0 Å². The molecule has 0 aliphatic carbocycles. The zero-order chi connectivity index (χ0) is 12.5. The second-order valence-corrected chi connectivity index (χ2v) is 5.34. The number of rotatable bonds is 2. The first kappa shape index (κ1) is 32.9. The molecule has 0 spiro atoms. The maximum Gasteiger partial charge on any atom is 0.000297 e. The van der Waals surface area contributed by atoms with Crippen LogP contribution in [0.25, 0.3) is 10.6 Å². The molecule has 114 valence electrons. The van der Waals surface area contributed by atoms with E-state index in [9.17, 15) is 0 Å². The molecule has 0 aromatic carbocycles. The van der Waals surface area contributed by atoms with Crippen molar-refractivity contribution < 1.29 is 131 Å². The second kappa shape index (κ2) is 22.3. The summed E-state index contributed by atoms with van der Waals surface area (Å²) in [5, 5.41) is 9.20. The fourth-order valence-electron chi connectivity index (χ4n) is 2.05. The van der Waals surface area contributed by atoms with Gasteiger partial charge < -0.3 is 20.4 Å². The Morgan fingerprint density at radius 1 is 0.762 bits per heavy atom. The summed E-state index contributed by atoms with van der Waals surface area (Å²) in [7, 11) is 2.15. The zero-order valence-electron chi connectivity index (χ0n) is 14.0. The quantitative estimate of drug-likeness (QED) is 0.487. The number of hydrogen-bond acceptors (Lipinski definition) is 2. The molecule has 4 nitrogen and oxygen atoms in total. The Morgan fingerprint density at radius 2 is 1.14 bits per heavy atom. The molecule has 1 saturated heterocycles. The molecule has 0 atom stereocenters. The van der Waals surface area contributed by atoms with Crippen LogP contribution in [0, 0.1) is 5.92 Å². The molecule has 0 aromatic heterocycles. The van der Waals surface area contributed by atoms with Gasteiger partial charge >= 0.3 is 0 Å². The van der Waals surface area contributed by atoms with Crippen molar-refractivity contribution in [2.24, 2.45) is 5.92 Å². The zero-order valence-corrected chi connectivity index (χ0v) is 25.4.